The fourth-order valence-corrected chi connectivity index (χ4v) is 2.59. The number of rotatable bonds is 4. The molecule has 21 heavy (non-hydrogen) atoms. The van der Waals surface area contributed by atoms with E-state index in [9.17, 15) is 4.79 Å². The van der Waals surface area contributed by atoms with Gasteiger partial charge in [-0.2, -0.15) is 0 Å². The summed E-state index contributed by atoms with van der Waals surface area (Å²) in [5.41, 5.74) is 8.21. The maximum atomic E-state index is 12.3. The molecule has 2 aromatic carbocycles. The van der Waals surface area contributed by atoms with Gasteiger partial charge in [0.2, 0.25) is 5.91 Å². The number of hydrogen-bond donors (Lipinski definition) is 2. The molecule has 3 N–H and O–H groups in total. The zero-order valence-corrected chi connectivity index (χ0v) is 11.9. The first-order chi connectivity index (χ1) is 10.2. The van der Waals surface area contributed by atoms with E-state index in [1.807, 2.05) is 18.2 Å². The number of anilines is 2. The molecule has 1 amide bonds. The third-order valence-corrected chi connectivity index (χ3v) is 3.84. The van der Waals surface area contributed by atoms with Crippen molar-refractivity contribution in [3.63, 3.8) is 0 Å². The van der Waals surface area contributed by atoms with E-state index in [1.165, 1.54) is 5.56 Å². The maximum Gasteiger partial charge on any atom is 0.228 e. The molecular weight excluding hydrogens is 264 g/mol. The van der Waals surface area contributed by atoms with Crippen molar-refractivity contribution >= 4 is 17.3 Å². The Morgan fingerprint density at radius 1 is 1.24 bits per heavy atom. The summed E-state index contributed by atoms with van der Waals surface area (Å²) < 4.78 is 5.24. The van der Waals surface area contributed by atoms with Gasteiger partial charge in [-0.25, -0.2) is 0 Å². The lowest BCUT2D eigenvalue weighted by molar-refractivity contribution is -0.117. The SMILES string of the molecule is COc1cc(N)ccc1NC(=O)C1CC1c1ccccc1. The van der Waals surface area contributed by atoms with Gasteiger partial charge in [0, 0.05) is 17.7 Å². The lowest BCUT2D eigenvalue weighted by Gasteiger charge is -2.10. The van der Waals surface area contributed by atoms with Gasteiger partial charge in [0.05, 0.1) is 12.8 Å². The summed E-state index contributed by atoms with van der Waals surface area (Å²) in [6.45, 7) is 0. The maximum absolute atomic E-state index is 12.3. The molecule has 2 aromatic rings. The molecule has 108 valence electrons. The minimum atomic E-state index is 0.0342. The van der Waals surface area contributed by atoms with Crippen LogP contribution in [0.4, 0.5) is 11.4 Å². The van der Waals surface area contributed by atoms with Crippen molar-refractivity contribution in [1.82, 2.24) is 0 Å². The highest BCUT2D eigenvalue weighted by Crippen LogP contribution is 2.48. The summed E-state index contributed by atoms with van der Waals surface area (Å²) in [5, 5.41) is 2.93. The lowest BCUT2D eigenvalue weighted by Crippen LogP contribution is -2.15. The fraction of sp³-hybridized carbons (Fsp3) is 0.235. The molecule has 0 saturated heterocycles. The van der Waals surface area contributed by atoms with Crippen molar-refractivity contribution in [3.05, 3.63) is 54.1 Å². The third kappa shape index (κ3) is 2.84. The number of nitrogen functional groups attached to an aromatic ring is 1. The van der Waals surface area contributed by atoms with E-state index >= 15 is 0 Å². The second-order valence-electron chi connectivity index (χ2n) is 5.31. The molecule has 1 saturated carbocycles. The van der Waals surface area contributed by atoms with E-state index in [1.54, 1.807) is 25.3 Å². The number of benzene rings is 2. The van der Waals surface area contributed by atoms with Crippen LogP contribution in [0, 0.1) is 5.92 Å². The van der Waals surface area contributed by atoms with Crippen molar-refractivity contribution in [2.75, 3.05) is 18.2 Å². The zero-order valence-electron chi connectivity index (χ0n) is 11.9. The van der Waals surface area contributed by atoms with Gasteiger partial charge in [0.25, 0.3) is 0 Å². The Kier molecular flexibility index (Phi) is 3.52. The smallest absolute Gasteiger partial charge is 0.228 e. The van der Waals surface area contributed by atoms with E-state index in [4.69, 9.17) is 10.5 Å². The average molecular weight is 282 g/mol. The Labute approximate surface area is 123 Å². The summed E-state index contributed by atoms with van der Waals surface area (Å²) in [7, 11) is 1.56. The van der Waals surface area contributed by atoms with Crippen LogP contribution in [0.2, 0.25) is 0 Å². The van der Waals surface area contributed by atoms with E-state index < -0.39 is 0 Å². The van der Waals surface area contributed by atoms with Gasteiger partial charge in [-0.15, -0.1) is 0 Å². The van der Waals surface area contributed by atoms with Crippen LogP contribution in [-0.4, -0.2) is 13.0 Å². The van der Waals surface area contributed by atoms with Crippen LogP contribution in [0.25, 0.3) is 0 Å². The number of ether oxygens (including phenoxy) is 1. The molecular formula is C17H18N2O2. The molecule has 0 aromatic heterocycles. The number of hydrogen-bond acceptors (Lipinski definition) is 3. The molecule has 1 aliphatic rings. The quantitative estimate of drug-likeness (QED) is 0.847. The molecule has 0 spiro atoms. The minimum absolute atomic E-state index is 0.0342. The largest absolute Gasteiger partial charge is 0.494 e. The second-order valence-corrected chi connectivity index (χ2v) is 5.31. The van der Waals surface area contributed by atoms with E-state index in [0.717, 1.165) is 6.42 Å². The number of nitrogens with two attached hydrogens (primary N) is 1. The Morgan fingerprint density at radius 3 is 2.71 bits per heavy atom. The Morgan fingerprint density at radius 2 is 2.00 bits per heavy atom. The highest BCUT2D eigenvalue weighted by atomic mass is 16.5. The van der Waals surface area contributed by atoms with Gasteiger partial charge in [-0.3, -0.25) is 4.79 Å². The van der Waals surface area contributed by atoms with Gasteiger partial charge >= 0.3 is 0 Å². The number of carbonyl (C=O) groups excluding carboxylic acids is 1. The molecule has 4 nitrogen and oxygen atoms in total. The molecule has 0 bridgehead atoms. The molecule has 4 heteroatoms. The van der Waals surface area contributed by atoms with E-state index in [2.05, 4.69) is 17.4 Å². The molecule has 0 aliphatic heterocycles. The molecule has 0 radical (unpaired) electrons. The van der Waals surface area contributed by atoms with Crippen LogP contribution in [0.3, 0.4) is 0 Å². The Balaban J connectivity index is 1.69. The predicted octanol–water partition coefficient (Wildman–Crippen LogP) is 3.02. The highest BCUT2D eigenvalue weighted by molar-refractivity contribution is 5.96. The fourth-order valence-electron chi connectivity index (χ4n) is 2.59. The molecule has 2 atom stereocenters. The van der Waals surface area contributed by atoms with Gasteiger partial charge in [-0.1, -0.05) is 30.3 Å². The van der Waals surface area contributed by atoms with Crippen molar-refractivity contribution in [1.29, 1.82) is 0 Å². The van der Waals surface area contributed by atoms with Crippen LogP contribution >= 0.6 is 0 Å². The number of amides is 1. The first-order valence-corrected chi connectivity index (χ1v) is 6.98. The Bertz CT molecular complexity index is 655. The summed E-state index contributed by atoms with van der Waals surface area (Å²) in [6.07, 6.45) is 0.896. The van der Waals surface area contributed by atoms with Gasteiger partial charge < -0.3 is 15.8 Å². The highest BCUT2D eigenvalue weighted by Gasteiger charge is 2.43. The lowest BCUT2D eigenvalue weighted by atomic mass is 10.1. The van der Waals surface area contributed by atoms with E-state index in [-0.39, 0.29) is 11.8 Å². The van der Waals surface area contributed by atoms with Crippen molar-refractivity contribution in [3.8, 4) is 5.75 Å². The topological polar surface area (TPSA) is 64.3 Å². The van der Waals surface area contributed by atoms with Crippen molar-refractivity contribution in [2.24, 2.45) is 5.92 Å². The van der Waals surface area contributed by atoms with Crippen LogP contribution in [-0.2, 0) is 4.79 Å². The third-order valence-electron chi connectivity index (χ3n) is 3.84. The molecule has 3 rings (SSSR count). The van der Waals surface area contributed by atoms with E-state index in [0.29, 0.717) is 23.0 Å². The number of carbonyl (C=O) groups is 1. The van der Waals surface area contributed by atoms with Crippen molar-refractivity contribution < 1.29 is 9.53 Å². The standard InChI is InChI=1S/C17H18N2O2/c1-21-16-9-12(18)7-8-15(16)19-17(20)14-10-13(14)11-5-3-2-4-6-11/h2-9,13-14H,10,18H2,1H3,(H,19,20). The summed E-state index contributed by atoms with van der Waals surface area (Å²) in [6, 6.07) is 15.4. The average Bonchev–Trinajstić information content (AvgIpc) is 3.30. The zero-order chi connectivity index (χ0) is 14.8. The molecule has 2 unspecified atom stereocenters. The predicted molar refractivity (Wildman–Crippen MR) is 83.3 cm³/mol. The van der Waals surface area contributed by atoms with Crippen molar-refractivity contribution in [2.45, 2.75) is 12.3 Å². The van der Waals surface area contributed by atoms with Crippen LogP contribution in [0.1, 0.15) is 17.9 Å². The summed E-state index contributed by atoms with van der Waals surface area (Å²) in [4.78, 5) is 12.3. The van der Waals surface area contributed by atoms with Crippen LogP contribution in [0.5, 0.6) is 5.75 Å². The van der Waals surface area contributed by atoms with Gasteiger partial charge in [0.1, 0.15) is 5.75 Å². The first-order valence-electron chi connectivity index (χ1n) is 6.98. The molecule has 1 fully saturated rings. The normalized spacial score (nSPS) is 19.9. The Hall–Kier alpha value is -2.49. The first kappa shape index (κ1) is 13.5. The van der Waals surface area contributed by atoms with Gasteiger partial charge in [-0.05, 0) is 30.0 Å². The van der Waals surface area contributed by atoms with Gasteiger partial charge in [0.15, 0.2) is 0 Å². The second kappa shape index (κ2) is 5.48. The van der Waals surface area contributed by atoms with Crippen LogP contribution in [0.15, 0.2) is 48.5 Å². The molecule has 1 aliphatic carbocycles. The molecule has 0 heterocycles. The number of nitrogens with one attached hydrogen (secondary N) is 1. The summed E-state index contributed by atoms with van der Waals surface area (Å²) in [5.74, 6) is 0.979. The monoisotopic (exact) mass is 282 g/mol. The summed E-state index contributed by atoms with van der Waals surface area (Å²) >= 11 is 0. The van der Waals surface area contributed by atoms with Crippen LogP contribution < -0.4 is 15.8 Å². The number of methoxy groups -OCH3 is 1. The minimum Gasteiger partial charge on any atom is -0.494 e.